The molecule has 1 aromatic carbocycles. The van der Waals surface area contributed by atoms with Crippen LogP contribution in [0.2, 0.25) is 0 Å². The molecule has 1 fully saturated rings. The van der Waals surface area contributed by atoms with Crippen LogP contribution in [0.5, 0.6) is 5.75 Å². The lowest BCUT2D eigenvalue weighted by molar-refractivity contribution is -0.123. The minimum absolute atomic E-state index is 0.160. The van der Waals surface area contributed by atoms with Gasteiger partial charge in [0.25, 0.3) is 5.91 Å². The van der Waals surface area contributed by atoms with Crippen molar-refractivity contribution >= 4 is 11.8 Å². The van der Waals surface area contributed by atoms with E-state index in [1.807, 2.05) is 26.0 Å². The number of nitrogens with one attached hydrogen (secondary N) is 1. The Kier molecular flexibility index (Phi) is 5.06. The number of hydrogen-bond acceptors (Lipinski definition) is 3. The molecule has 22 heavy (non-hydrogen) atoms. The van der Waals surface area contributed by atoms with Crippen molar-refractivity contribution in [3.8, 4) is 5.75 Å². The Morgan fingerprint density at radius 1 is 1.18 bits per heavy atom. The molecule has 2 amide bonds. The summed E-state index contributed by atoms with van der Waals surface area (Å²) < 4.78 is 5.32. The smallest absolute Gasteiger partial charge is 0.251 e. The van der Waals surface area contributed by atoms with Crippen molar-refractivity contribution < 1.29 is 14.3 Å². The number of ether oxygens (including phenoxy) is 1. The van der Waals surface area contributed by atoms with Gasteiger partial charge >= 0.3 is 0 Å². The molecule has 1 aliphatic carbocycles. The van der Waals surface area contributed by atoms with E-state index in [0.29, 0.717) is 5.56 Å². The van der Waals surface area contributed by atoms with Gasteiger partial charge in [0.2, 0.25) is 5.91 Å². The molecular weight excluding hydrogens is 280 g/mol. The number of primary amides is 1. The molecule has 3 N–H and O–H groups in total. The van der Waals surface area contributed by atoms with E-state index in [1.165, 1.54) is 0 Å². The van der Waals surface area contributed by atoms with Crippen LogP contribution in [0.3, 0.4) is 0 Å². The monoisotopic (exact) mass is 304 g/mol. The molecule has 1 aromatic rings. The third-order valence-corrected chi connectivity index (χ3v) is 4.37. The van der Waals surface area contributed by atoms with Gasteiger partial charge in [-0.05, 0) is 49.9 Å². The number of rotatable bonds is 4. The van der Waals surface area contributed by atoms with Crippen molar-refractivity contribution in [3.63, 3.8) is 0 Å². The number of carbonyl (C=O) groups excluding carboxylic acids is 2. The minimum Gasteiger partial charge on any atom is -0.496 e. The van der Waals surface area contributed by atoms with Crippen molar-refractivity contribution in [1.82, 2.24) is 5.32 Å². The lowest BCUT2D eigenvalue weighted by Gasteiger charge is -2.30. The number of aryl methyl sites for hydroxylation is 2. The summed E-state index contributed by atoms with van der Waals surface area (Å²) in [4.78, 5) is 24.0. The molecule has 120 valence electrons. The third-order valence-electron chi connectivity index (χ3n) is 4.37. The Labute approximate surface area is 131 Å². The van der Waals surface area contributed by atoms with Crippen molar-refractivity contribution in [2.45, 2.75) is 45.6 Å². The van der Waals surface area contributed by atoms with Crippen LogP contribution in [0, 0.1) is 19.8 Å². The van der Waals surface area contributed by atoms with Gasteiger partial charge in [0.15, 0.2) is 0 Å². The molecule has 1 aliphatic rings. The van der Waals surface area contributed by atoms with Gasteiger partial charge in [-0.15, -0.1) is 0 Å². The largest absolute Gasteiger partial charge is 0.496 e. The fraction of sp³-hybridized carbons (Fsp3) is 0.529. The summed E-state index contributed by atoms with van der Waals surface area (Å²) >= 11 is 0. The van der Waals surface area contributed by atoms with E-state index >= 15 is 0 Å². The van der Waals surface area contributed by atoms with E-state index in [2.05, 4.69) is 5.32 Å². The van der Waals surface area contributed by atoms with E-state index in [9.17, 15) is 9.59 Å². The summed E-state index contributed by atoms with van der Waals surface area (Å²) in [6, 6.07) is 3.45. The normalized spacial score (nSPS) is 21.2. The first-order chi connectivity index (χ1) is 10.4. The summed E-state index contributed by atoms with van der Waals surface area (Å²) in [6.07, 6.45) is 3.55. The van der Waals surface area contributed by atoms with Crippen LogP contribution in [-0.4, -0.2) is 25.0 Å². The van der Waals surface area contributed by atoms with Crippen molar-refractivity contribution in [2.24, 2.45) is 11.7 Å². The highest BCUT2D eigenvalue weighted by Crippen LogP contribution is 2.26. The summed E-state index contributed by atoms with van der Waals surface area (Å²) in [5, 5.41) is 2.98. The first-order valence-corrected chi connectivity index (χ1v) is 7.69. The van der Waals surface area contributed by atoms with Gasteiger partial charge in [0.05, 0.1) is 13.0 Å². The van der Waals surface area contributed by atoms with Gasteiger partial charge in [0.1, 0.15) is 5.75 Å². The predicted molar refractivity (Wildman–Crippen MR) is 84.9 cm³/mol. The van der Waals surface area contributed by atoms with Crippen LogP contribution in [0.1, 0.15) is 47.2 Å². The summed E-state index contributed by atoms with van der Waals surface area (Å²) in [5.74, 6) is 0.0430. The summed E-state index contributed by atoms with van der Waals surface area (Å²) in [7, 11) is 1.62. The fourth-order valence-corrected chi connectivity index (χ4v) is 3.30. The molecule has 5 nitrogen and oxygen atoms in total. The maximum Gasteiger partial charge on any atom is 0.251 e. The zero-order chi connectivity index (χ0) is 16.3. The fourth-order valence-electron chi connectivity index (χ4n) is 3.30. The van der Waals surface area contributed by atoms with Gasteiger partial charge in [0, 0.05) is 11.6 Å². The number of benzene rings is 1. The molecule has 0 heterocycles. The van der Waals surface area contributed by atoms with Gasteiger partial charge < -0.3 is 15.8 Å². The second-order valence-electron chi connectivity index (χ2n) is 6.02. The van der Waals surface area contributed by atoms with E-state index < -0.39 is 0 Å². The maximum absolute atomic E-state index is 12.5. The molecule has 2 rings (SSSR count). The number of hydrogen-bond donors (Lipinski definition) is 2. The maximum atomic E-state index is 12.5. The van der Waals surface area contributed by atoms with Gasteiger partial charge in [-0.2, -0.15) is 0 Å². The minimum atomic E-state index is -0.327. The third kappa shape index (κ3) is 3.40. The summed E-state index contributed by atoms with van der Waals surface area (Å²) in [5.41, 5.74) is 7.88. The van der Waals surface area contributed by atoms with Crippen molar-refractivity contribution in [1.29, 1.82) is 0 Å². The van der Waals surface area contributed by atoms with Gasteiger partial charge in [-0.3, -0.25) is 9.59 Å². The average molecular weight is 304 g/mol. The Morgan fingerprint density at radius 3 is 2.32 bits per heavy atom. The molecule has 2 atom stereocenters. The highest BCUT2D eigenvalue weighted by atomic mass is 16.5. The summed E-state index contributed by atoms with van der Waals surface area (Å²) in [6.45, 7) is 3.82. The van der Waals surface area contributed by atoms with Gasteiger partial charge in [-0.25, -0.2) is 0 Å². The van der Waals surface area contributed by atoms with Crippen LogP contribution in [0.25, 0.3) is 0 Å². The second-order valence-corrected chi connectivity index (χ2v) is 6.02. The van der Waals surface area contributed by atoms with Crippen LogP contribution < -0.4 is 15.8 Å². The molecule has 0 saturated heterocycles. The highest BCUT2D eigenvalue weighted by Gasteiger charge is 2.30. The zero-order valence-electron chi connectivity index (χ0n) is 13.4. The van der Waals surface area contributed by atoms with Crippen LogP contribution in [-0.2, 0) is 4.79 Å². The highest BCUT2D eigenvalue weighted by molar-refractivity contribution is 5.95. The molecule has 0 radical (unpaired) electrons. The Bertz CT molecular complexity index is 560. The van der Waals surface area contributed by atoms with Crippen LogP contribution in [0.4, 0.5) is 0 Å². The van der Waals surface area contributed by atoms with E-state index in [4.69, 9.17) is 10.5 Å². The Morgan fingerprint density at radius 2 is 1.77 bits per heavy atom. The molecule has 0 bridgehead atoms. The Balaban J connectivity index is 2.16. The molecule has 0 spiro atoms. The molecule has 0 unspecified atom stereocenters. The van der Waals surface area contributed by atoms with Gasteiger partial charge in [-0.1, -0.05) is 12.8 Å². The molecular formula is C17H24N2O3. The quantitative estimate of drug-likeness (QED) is 0.893. The SMILES string of the molecule is COc1c(C)cc(C(=O)N[C@H]2CCCC[C@@H]2C(N)=O)cc1C. The Hall–Kier alpha value is -2.04. The van der Waals surface area contributed by atoms with Crippen LogP contribution in [0.15, 0.2) is 12.1 Å². The van der Waals surface area contributed by atoms with Crippen molar-refractivity contribution in [3.05, 3.63) is 28.8 Å². The van der Waals surface area contributed by atoms with E-state index in [1.54, 1.807) is 7.11 Å². The average Bonchev–Trinajstić information content (AvgIpc) is 2.47. The number of nitrogens with two attached hydrogens (primary N) is 1. The molecule has 0 aromatic heterocycles. The molecule has 1 saturated carbocycles. The second kappa shape index (κ2) is 6.81. The lowest BCUT2D eigenvalue weighted by atomic mass is 9.84. The molecule has 5 heteroatoms. The first-order valence-electron chi connectivity index (χ1n) is 7.69. The van der Waals surface area contributed by atoms with E-state index in [-0.39, 0.29) is 23.8 Å². The standard InChI is InChI=1S/C17H24N2O3/c1-10-8-12(9-11(2)15(10)22-3)17(21)19-14-7-5-4-6-13(14)16(18)20/h8-9,13-14H,4-7H2,1-3H3,(H2,18,20)(H,19,21)/t13-,14-/m0/s1. The zero-order valence-corrected chi connectivity index (χ0v) is 13.4. The topological polar surface area (TPSA) is 81.4 Å². The lowest BCUT2D eigenvalue weighted by Crippen LogP contribution is -2.47. The van der Waals surface area contributed by atoms with Crippen molar-refractivity contribution in [2.75, 3.05) is 7.11 Å². The van der Waals surface area contributed by atoms with E-state index in [0.717, 1.165) is 42.6 Å². The molecule has 0 aliphatic heterocycles. The number of carbonyl (C=O) groups is 2. The number of amides is 2. The number of methoxy groups -OCH3 is 1. The first kappa shape index (κ1) is 16.3. The predicted octanol–water partition coefficient (Wildman–Crippen LogP) is 2.09. The van der Waals surface area contributed by atoms with Crippen LogP contribution >= 0.6 is 0 Å².